The van der Waals surface area contributed by atoms with Gasteiger partial charge in [-0.2, -0.15) is 0 Å². The molecule has 0 atom stereocenters. The number of anilines is 2. The van der Waals surface area contributed by atoms with Crippen LogP contribution in [0.2, 0.25) is 20.6 Å². The van der Waals surface area contributed by atoms with Gasteiger partial charge in [0.15, 0.2) is 5.65 Å². The molecule has 16 heteroatoms. The van der Waals surface area contributed by atoms with Gasteiger partial charge in [-0.05, 0) is 43.3 Å². The van der Waals surface area contributed by atoms with E-state index in [0.29, 0.717) is 38.0 Å². The molecule has 204 valence electrons. The van der Waals surface area contributed by atoms with Crippen LogP contribution in [-0.4, -0.2) is 41.8 Å². The number of halogens is 4. The summed E-state index contributed by atoms with van der Waals surface area (Å²) < 4.78 is 1.57. The lowest BCUT2D eigenvalue weighted by Crippen LogP contribution is -2.07. The highest BCUT2D eigenvalue weighted by atomic mass is 35.5. The topological polar surface area (TPSA) is 224 Å². The summed E-state index contributed by atoms with van der Waals surface area (Å²) in [5, 5.41) is 16.8. The van der Waals surface area contributed by atoms with E-state index in [2.05, 4.69) is 37.3 Å². The summed E-state index contributed by atoms with van der Waals surface area (Å²) in [7, 11) is 0. The second-order valence-corrected chi connectivity index (χ2v) is 6.74. The first-order chi connectivity index (χ1) is 15.8. The van der Waals surface area contributed by atoms with E-state index in [9.17, 15) is 0 Å². The van der Waals surface area contributed by atoms with Crippen LogP contribution in [0.4, 0.5) is 11.8 Å². The van der Waals surface area contributed by atoms with Crippen molar-refractivity contribution in [2.75, 3.05) is 17.8 Å². The van der Waals surface area contributed by atoms with Crippen LogP contribution in [0, 0.1) is 0 Å². The van der Waals surface area contributed by atoms with E-state index in [4.69, 9.17) is 63.1 Å². The molecule has 0 aliphatic rings. The van der Waals surface area contributed by atoms with Crippen LogP contribution < -0.4 is 28.7 Å². The third-order valence-electron chi connectivity index (χ3n) is 2.95. The van der Waals surface area contributed by atoms with Crippen LogP contribution in [0.5, 0.6) is 0 Å². The SMILES string of the molecule is C.C.CCO.Clc1cccc(Cl)n1.NN.NNc1cccc(Cl)n1.Nc1nnc2cccc(Cl)n12.O. The molecule has 0 saturated carbocycles. The van der Waals surface area contributed by atoms with Crippen molar-refractivity contribution in [1.82, 2.24) is 24.6 Å². The van der Waals surface area contributed by atoms with Crippen molar-refractivity contribution in [3.63, 3.8) is 0 Å². The predicted octanol–water partition coefficient (Wildman–Crippen LogP) is 3.64. The van der Waals surface area contributed by atoms with Crippen molar-refractivity contribution in [3.8, 4) is 0 Å². The van der Waals surface area contributed by atoms with Gasteiger partial charge < -0.3 is 21.7 Å². The van der Waals surface area contributed by atoms with Crippen LogP contribution >= 0.6 is 46.4 Å². The zero-order chi connectivity index (χ0) is 25.2. The predicted molar refractivity (Wildman–Crippen MR) is 152 cm³/mol. The highest BCUT2D eigenvalue weighted by molar-refractivity contribution is 6.32. The molecule has 0 amide bonds. The molecule has 4 heterocycles. The molecule has 0 spiro atoms. The maximum absolute atomic E-state index is 7.57. The molecule has 4 rings (SSSR count). The molecule has 36 heavy (non-hydrogen) atoms. The quantitative estimate of drug-likeness (QED) is 0.108. The standard InChI is InChI=1S/C6H5ClN4.C5H3Cl2N.C5H6ClN3.C2H6O.2CH4.H4N2.H2O/c7-4-2-1-3-5-9-10-6(8)11(4)5;6-4-2-1-3-5(7)8-4;6-4-2-1-3-5(8-4)9-7;1-2-3;;;1-2;/h1-3H,(H2,8,10);1-3H;1-3H,7H2,(H,8,9);3H,2H2,1H3;2*1H4;1-2H2;1H2. The molecule has 0 bridgehead atoms. The molecule has 12 nitrogen and oxygen atoms in total. The molecule has 0 aliphatic heterocycles. The summed E-state index contributed by atoms with van der Waals surface area (Å²) >= 11 is 22.2. The van der Waals surface area contributed by atoms with E-state index < -0.39 is 0 Å². The van der Waals surface area contributed by atoms with E-state index in [1.54, 1.807) is 65.9 Å². The van der Waals surface area contributed by atoms with Gasteiger partial charge in [-0.25, -0.2) is 15.8 Å². The number of pyridine rings is 3. The zero-order valence-corrected chi connectivity index (χ0v) is 20.9. The minimum absolute atomic E-state index is 0. The van der Waals surface area contributed by atoms with Crippen molar-refractivity contribution in [3.05, 3.63) is 75.2 Å². The number of aliphatic hydroxyl groups excluding tert-OH is 1. The maximum atomic E-state index is 7.57. The molecule has 4 aromatic heterocycles. The van der Waals surface area contributed by atoms with Crippen molar-refractivity contribution in [2.24, 2.45) is 17.5 Å². The number of hydrogen-bond donors (Lipinski definition) is 6. The van der Waals surface area contributed by atoms with Gasteiger partial charge in [0.1, 0.15) is 26.4 Å². The van der Waals surface area contributed by atoms with E-state index in [-0.39, 0.29) is 26.9 Å². The van der Waals surface area contributed by atoms with Crippen LogP contribution in [0.3, 0.4) is 0 Å². The van der Waals surface area contributed by atoms with Crippen LogP contribution in [0.1, 0.15) is 21.8 Å². The van der Waals surface area contributed by atoms with Gasteiger partial charge in [0.2, 0.25) is 5.95 Å². The average Bonchev–Trinajstić information content (AvgIpc) is 3.18. The lowest BCUT2D eigenvalue weighted by Gasteiger charge is -1.95. The first-order valence-electron chi connectivity index (χ1n) is 8.88. The number of nitrogens with zero attached hydrogens (tertiary/aromatic N) is 5. The first kappa shape index (κ1) is 40.6. The van der Waals surface area contributed by atoms with Crippen LogP contribution in [0.15, 0.2) is 54.6 Å². The molecule has 0 radical (unpaired) electrons. The fourth-order valence-corrected chi connectivity index (χ4v) is 2.58. The number of hydrazine groups is 2. The Bertz CT molecular complexity index is 1060. The zero-order valence-electron chi connectivity index (χ0n) is 17.9. The molecular weight excluding hydrogens is 554 g/mol. The second kappa shape index (κ2) is 24.2. The van der Waals surface area contributed by atoms with Gasteiger partial charge >= 0.3 is 0 Å². The first-order valence-corrected chi connectivity index (χ1v) is 10.4. The molecular formula is C20H34Cl4N10O2. The normalized spacial score (nSPS) is 8.25. The Morgan fingerprint density at radius 2 is 1.28 bits per heavy atom. The van der Waals surface area contributed by atoms with E-state index >= 15 is 0 Å². The number of aliphatic hydroxyl groups is 1. The summed E-state index contributed by atoms with van der Waals surface area (Å²) in [6.45, 7) is 1.93. The highest BCUT2D eigenvalue weighted by Crippen LogP contribution is 2.13. The summed E-state index contributed by atoms with van der Waals surface area (Å²) in [5.41, 5.74) is 8.52. The Morgan fingerprint density at radius 3 is 1.64 bits per heavy atom. The molecule has 0 saturated heterocycles. The number of hydrogen-bond acceptors (Lipinski definition) is 10. The van der Waals surface area contributed by atoms with E-state index in [1.807, 2.05) is 0 Å². The molecule has 4 aromatic rings. The Morgan fingerprint density at radius 1 is 0.833 bits per heavy atom. The Hall–Kier alpha value is -2.52. The van der Waals surface area contributed by atoms with E-state index in [0.717, 1.165) is 0 Å². The Balaban J connectivity index is -0.000000190. The average molecular weight is 588 g/mol. The smallest absolute Gasteiger partial charge is 0.227 e. The van der Waals surface area contributed by atoms with Crippen molar-refractivity contribution in [1.29, 1.82) is 0 Å². The monoisotopic (exact) mass is 586 g/mol. The van der Waals surface area contributed by atoms with Gasteiger partial charge in [0, 0.05) is 6.61 Å². The van der Waals surface area contributed by atoms with Gasteiger partial charge in [0.05, 0.1) is 0 Å². The minimum Gasteiger partial charge on any atom is -0.412 e. The lowest BCUT2D eigenvalue weighted by atomic mass is 10.5. The summed E-state index contributed by atoms with van der Waals surface area (Å²) in [4.78, 5) is 7.53. The molecule has 0 fully saturated rings. The fourth-order valence-electron chi connectivity index (χ4n) is 1.80. The van der Waals surface area contributed by atoms with Crippen molar-refractivity contribution in [2.45, 2.75) is 21.8 Å². The fraction of sp³-hybridized carbons (Fsp3) is 0.200. The molecule has 0 aliphatic carbocycles. The molecule has 0 unspecified atom stereocenters. The third-order valence-corrected chi connectivity index (χ3v) is 3.88. The van der Waals surface area contributed by atoms with Gasteiger partial charge in [0.25, 0.3) is 0 Å². The summed E-state index contributed by atoms with van der Waals surface area (Å²) in [6.07, 6.45) is 0. The van der Waals surface area contributed by atoms with Gasteiger partial charge in [-0.3, -0.25) is 16.1 Å². The minimum atomic E-state index is 0. The maximum Gasteiger partial charge on any atom is 0.227 e. The number of nitrogen functional groups attached to an aromatic ring is 2. The number of aromatic nitrogens is 5. The number of nitrogens with one attached hydrogen (secondary N) is 1. The van der Waals surface area contributed by atoms with Crippen molar-refractivity contribution < 1.29 is 10.6 Å². The Labute approximate surface area is 230 Å². The lowest BCUT2D eigenvalue weighted by molar-refractivity contribution is 0.318. The largest absolute Gasteiger partial charge is 0.412 e. The third kappa shape index (κ3) is 16.2. The van der Waals surface area contributed by atoms with E-state index in [1.165, 1.54) is 0 Å². The van der Waals surface area contributed by atoms with Gasteiger partial charge in [-0.15, -0.1) is 10.2 Å². The second-order valence-electron chi connectivity index (χ2n) is 5.19. The highest BCUT2D eigenvalue weighted by Gasteiger charge is 2.02. The number of fused-ring (bicyclic) bond motifs is 1. The van der Waals surface area contributed by atoms with Crippen molar-refractivity contribution >= 4 is 63.8 Å². The van der Waals surface area contributed by atoms with Gasteiger partial charge in [-0.1, -0.05) is 79.5 Å². The number of nitrogens with two attached hydrogens (primary N) is 4. The Kier molecular flexibility index (Phi) is 27.3. The molecule has 12 N–H and O–H groups in total. The van der Waals surface area contributed by atoms with Crippen LogP contribution in [0.25, 0.3) is 5.65 Å². The summed E-state index contributed by atoms with van der Waals surface area (Å²) in [6, 6.07) is 15.6. The molecule has 0 aromatic carbocycles. The number of rotatable bonds is 1. The van der Waals surface area contributed by atoms with Crippen LogP contribution in [-0.2, 0) is 0 Å². The summed E-state index contributed by atoms with van der Waals surface area (Å²) in [5.74, 6) is 13.9.